The molecule has 1 aromatic carbocycles. The Bertz CT molecular complexity index is 659. The first-order valence-electron chi connectivity index (χ1n) is 6.47. The molecule has 0 bridgehead atoms. The van der Waals surface area contributed by atoms with Crippen molar-refractivity contribution < 1.29 is 8.42 Å². The largest absolute Gasteiger partial charge is 0.398 e. The van der Waals surface area contributed by atoms with Crippen molar-refractivity contribution in [3.05, 3.63) is 35.9 Å². The van der Waals surface area contributed by atoms with Gasteiger partial charge in [0.05, 0.1) is 17.3 Å². The molecule has 0 aromatic heterocycles. The van der Waals surface area contributed by atoms with Crippen molar-refractivity contribution in [1.82, 2.24) is 4.72 Å². The molecule has 1 unspecified atom stereocenters. The number of hydrogen-bond acceptors (Lipinski definition) is 4. The van der Waals surface area contributed by atoms with Crippen LogP contribution in [0.1, 0.15) is 24.8 Å². The molecule has 0 radical (unpaired) electrons. The van der Waals surface area contributed by atoms with Crippen LogP contribution in [0, 0.1) is 17.2 Å². The van der Waals surface area contributed by atoms with Crippen LogP contribution in [0.2, 0.25) is 0 Å². The van der Waals surface area contributed by atoms with Crippen molar-refractivity contribution in [2.75, 3.05) is 12.3 Å². The number of nitrogens with zero attached hydrogens (tertiary/aromatic N) is 1. The fraction of sp³-hybridized carbons (Fsp3) is 0.357. The molecular weight excluding hydrogens is 274 g/mol. The van der Waals surface area contributed by atoms with Gasteiger partial charge in [-0.1, -0.05) is 12.2 Å². The van der Waals surface area contributed by atoms with Crippen LogP contribution in [-0.4, -0.2) is 15.0 Å². The first kappa shape index (κ1) is 14.6. The van der Waals surface area contributed by atoms with E-state index in [-0.39, 0.29) is 10.6 Å². The summed E-state index contributed by atoms with van der Waals surface area (Å²) < 4.78 is 27.0. The van der Waals surface area contributed by atoms with E-state index in [2.05, 4.69) is 16.9 Å². The first-order chi connectivity index (χ1) is 9.53. The topological polar surface area (TPSA) is 96.0 Å². The van der Waals surface area contributed by atoms with Crippen LogP contribution >= 0.6 is 0 Å². The summed E-state index contributed by atoms with van der Waals surface area (Å²) in [5.41, 5.74) is 6.15. The molecule has 0 saturated carbocycles. The highest BCUT2D eigenvalue weighted by Crippen LogP contribution is 2.21. The zero-order valence-electron chi connectivity index (χ0n) is 11.0. The number of benzene rings is 1. The lowest BCUT2D eigenvalue weighted by molar-refractivity contribution is 0.468. The Kier molecular flexibility index (Phi) is 4.42. The number of hydrogen-bond donors (Lipinski definition) is 2. The van der Waals surface area contributed by atoms with Gasteiger partial charge in [0, 0.05) is 6.54 Å². The fourth-order valence-electron chi connectivity index (χ4n) is 2.21. The summed E-state index contributed by atoms with van der Waals surface area (Å²) in [6.07, 6.45) is 7.07. The summed E-state index contributed by atoms with van der Waals surface area (Å²) in [6.45, 7) is 0.409. The number of nitriles is 1. The van der Waals surface area contributed by atoms with Gasteiger partial charge in [-0.3, -0.25) is 0 Å². The zero-order chi connectivity index (χ0) is 14.6. The van der Waals surface area contributed by atoms with E-state index in [0.29, 0.717) is 18.0 Å². The standard InChI is InChI=1S/C14H17N3O2S/c15-9-12-6-7-14(13(16)8-12)20(18,19)17-10-11-4-2-1-3-5-11/h1-2,6-8,11,17H,3-5,10,16H2. The van der Waals surface area contributed by atoms with Gasteiger partial charge in [-0.2, -0.15) is 5.26 Å². The van der Waals surface area contributed by atoms with Crippen LogP contribution in [-0.2, 0) is 10.0 Å². The van der Waals surface area contributed by atoms with E-state index in [1.54, 1.807) is 0 Å². The molecule has 0 aliphatic heterocycles. The summed E-state index contributed by atoms with van der Waals surface area (Å²) in [5.74, 6) is 0.328. The van der Waals surface area contributed by atoms with Crippen LogP contribution in [0.25, 0.3) is 0 Å². The van der Waals surface area contributed by atoms with Gasteiger partial charge in [0.25, 0.3) is 0 Å². The molecule has 5 nitrogen and oxygen atoms in total. The zero-order valence-corrected chi connectivity index (χ0v) is 11.9. The van der Waals surface area contributed by atoms with Crippen molar-refractivity contribution in [3.8, 4) is 6.07 Å². The van der Waals surface area contributed by atoms with E-state index in [1.807, 2.05) is 6.07 Å². The predicted octanol–water partition coefficient (Wildman–Crippen LogP) is 1.78. The normalized spacial score (nSPS) is 18.6. The van der Waals surface area contributed by atoms with Crippen molar-refractivity contribution in [2.24, 2.45) is 5.92 Å². The molecule has 20 heavy (non-hydrogen) atoms. The molecule has 1 aliphatic rings. The maximum Gasteiger partial charge on any atom is 0.242 e. The molecule has 2 rings (SSSR count). The fourth-order valence-corrected chi connectivity index (χ4v) is 3.44. The number of sulfonamides is 1. The van der Waals surface area contributed by atoms with Gasteiger partial charge in [0.1, 0.15) is 4.90 Å². The molecular formula is C14H17N3O2S. The van der Waals surface area contributed by atoms with E-state index >= 15 is 0 Å². The Morgan fingerprint density at radius 3 is 2.80 bits per heavy atom. The number of nitrogen functional groups attached to an aromatic ring is 1. The summed E-state index contributed by atoms with van der Waals surface area (Å²) in [6, 6.07) is 6.12. The third-order valence-electron chi connectivity index (χ3n) is 3.37. The third-order valence-corrected chi connectivity index (χ3v) is 4.87. The van der Waals surface area contributed by atoms with E-state index in [4.69, 9.17) is 11.0 Å². The van der Waals surface area contributed by atoms with E-state index < -0.39 is 10.0 Å². The van der Waals surface area contributed by atoms with Gasteiger partial charge < -0.3 is 5.73 Å². The lowest BCUT2D eigenvalue weighted by Crippen LogP contribution is -2.30. The molecule has 6 heteroatoms. The van der Waals surface area contributed by atoms with Crippen LogP contribution in [0.5, 0.6) is 0 Å². The highest BCUT2D eigenvalue weighted by molar-refractivity contribution is 7.89. The minimum Gasteiger partial charge on any atom is -0.398 e. The van der Waals surface area contributed by atoms with E-state index in [9.17, 15) is 8.42 Å². The van der Waals surface area contributed by atoms with Crippen molar-refractivity contribution in [1.29, 1.82) is 5.26 Å². The lowest BCUT2D eigenvalue weighted by Gasteiger charge is -2.18. The van der Waals surface area contributed by atoms with Crippen LogP contribution in [0.15, 0.2) is 35.2 Å². The quantitative estimate of drug-likeness (QED) is 0.652. The Morgan fingerprint density at radius 2 is 2.20 bits per heavy atom. The van der Waals surface area contributed by atoms with E-state index in [0.717, 1.165) is 19.3 Å². The van der Waals surface area contributed by atoms with Gasteiger partial charge in [-0.15, -0.1) is 0 Å². The second kappa shape index (κ2) is 6.07. The molecule has 0 heterocycles. The van der Waals surface area contributed by atoms with Gasteiger partial charge >= 0.3 is 0 Å². The molecule has 1 aromatic rings. The van der Waals surface area contributed by atoms with Crippen molar-refractivity contribution in [3.63, 3.8) is 0 Å². The van der Waals surface area contributed by atoms with Gasteiger partial charge in [0.2, 0.25) is 10.0 Å². The average Bonchev–Trinajstić information content (AvgIpc) is 2.46. The molecule has 106 valence electrons. The van der Waals surface area contributed by atoms with Gasteiger partial charge in [-0.05, 0) is 43.4 Å². The Labute approximate surface area is 119 Å². The molecule has 1 atom stereocenters. The molecule has 3 N–H and O–H groups in total. The number of rotatable bonds is 4. The molecule has 1 aliphatic carbocycles. The van der Waals surface area contributed by atoms with Crippen molar-refractivity contribution >= 4 is 15.7 Å². The maximum absolute atomic E-state index is 12.2. The Balaban J connectivity index is 2.10. The van der Waals surface area contributed by atoms with E-state index in [1.165, 1.54) is 18.2 Å². The van der Waals surface area contributed by atoms with Crippen LogP contribution in [0.4, 0.5) is 5.69 Å². The molecule has 0 amide bonds. The van der Waals surface area contributed by atoms with Crippen LogP contribution < -0.4 is 10.5 Å². The minimum absolute atomic E-state index is 0.0304. The summed E-state index contributed by atoms with van der Waals surface area (Å²) >= 11 is 0. The van der Waals surface area contributed by atoms with Gasteiger partial charge in [-0.25, -0.2) is 13.1 Å². The Morgan fingerprint density at radius 1 is 1.40 bits per heavy atom. The smallest absolute Gasteiger partial charge is 0.242 e. The highest BCUT2D eigenvalue weighted by Gasteiger charge is 2.19. The summed E-state index contributed by atoms with van der Waals surface area (Å²) in [5, 5.41) is 8.75. The third kappa shape index (κ3) is 3.38. The van der Waals surface area contributed by atoms with Gasteiger partial charge in [0.15, 0.2) is 0 Å². The minimum atomic E-state index is -3.62. The monoisotopic (exact) mass is 291 g/mol. The number of nitrogens with one attached hydrogen (secondary N) is 1. The lowest BCUT2D eigenvalue weighted by atomic mass is 9.95. The first-order valence-corrected chi connectivity index (χ1v) is 7.95. The Hall–Kier alpha value is -1.84. The highest BCUT2D eigenvalue weighted by atomic mass is 32.2. The van der Waals surface area contributed by atoms with Crippen molar-refractivity contribution in [2.45, 2.75) is 24.2 Å². The predicted molar refractivity (Wildman–Crippen MR) is 77.2 cm³/mol. The average molecular weight is 291 g/mol. The number of allylic oxidation sites excluding steroid dienone is 2. The molecule has 0 spiro atoms. The summed E-state index contributed by atoms with van der Waals surface area (Å²) in [4.78, 5) is 0.0304. The number of anilines is 1. The molecule has 0 saturated heterocycles. The second-order valence-corrected chi connectivity index (χ2v) is 6.60. The molecule has 0 fully saturated rings. The second-order valence-electron chi connectivity index (χ2n) is 4.87. The summed E-state index contributed by atoms with van der Waals surface area (Å²) in [7, 11) is -3.62. The number of nitrogens with two attached hydrogens (primary N) is 1. The SMILES string of the molecule is N#Cc1ccc(S(=O)(=O)NCC2CC=CCC2)c(N)c1. The maximum atomic E-state index is 12.2. The van der Waals surface area contributed by atoms with Crippen LogP contribution in [0.3, 0.4) is 0 Å².